The SMILES string of the molecule is Cc1cc(CN(C)C(=O)C2CCCCN2C(=O)c2cccs2)no1. The van der Waals surface area contributed by atoms with Gasteiger partial charge in [-0.05, 0) is 37.6 Å². The fraction of sp³-hybridized carbons (Fsp3) is 0.471. The van der Waals surface area contributed by atoms with Crippen molar-refractivity contribution < 1.29 is 14.1 Å². The first-order chi connectivity index (χ1) is 11.6. The molecule has 24 heavy (non-hydrogen) atoms. The molecule has 0 N–H and O–H groups in total. The lowest BCUT2D eigenvalue weighted by Gasteiger charge is -2.36. The van der Waals surface area contributed by atoms with Gasteiger partial charge in [-0.25, -0.2) is 0 Å². The molecule has 0 spiro atoms. The molecule has 128 valence electrons. The molecule has 3 rings (SSSR count). The molecule has 1 saturated heterocycles. The van der Waals surface area contributed by atoms with Crippen LogP contribution in [-0.2, 0) is 11.3 Å². The Kier molecular flexibility index (Phi) is 4.99. The normalized spacial score (nSPS) is 17.8. The predicted molar refractivity (Wildman–Crippen MR) is 90.7 cm³/mol. The highest BCUT2D eigenvalue weighted by Crippen LogP contribution is 2.23. The van der Waals surface area contributed by atoms with Crippen LogP contribution in [0.5, 0.6) is 0 Å². The van der Waals surface area contributed by atoms with Crippen LogP contribution in [-0.4, -0.2) is 46.4 Å². The Morgan fingerprint density at radius 2 is 2.29 bits per heavy atom. The number of nitrogens with zero attached hydrogens (tertiary/aromatic N) is 3. The first-order valence-electron chi connectivity index (χ1n) is 8.08. The number of hydrogen-bond acceptors (Lipinski definition) is 5. The highest BCUT2D eigenvalue weighted by atomic mass is 32.1. The number of carbonyl (C=O) groups excluding carboxylic acids is 2. The monoisotopic (exact) mass is 347 g/mol. The fourth-order valence-electron chi connectivity index (χ4n) is 3.04. The van der Waals surface area contributed by atoms with E-state index in [-0.39, 0.29) is 11.8 Å². The van der Waals surface area contributed by atoms with Gasteiger partial charge in [-0.1, -0.05) is 11.2 Å². The largest absolute Gasteiger partial charge is 0.361 e. The zero-order valence-electron chi connectivity index (χ0n) is 13.9. The maximum atomic E-state index is 12.9. The van der Waals surface area contributed by atoms with Crippen molar-refractivity contribution in [2.45, 2.75) is 38.8 Å². The Morgan fingerprint density at radius 1 is 1.46 bits per heavy atom. The van der Waals surface area contributed by atoms with E-state index in [2.05, 4.69) is 5.16 Å². The van der Waals surface area contributed by atoms with Crippen molar-refractivity contribution in [2.75, 3.05) is 13.6 Å². The van der Waals surface area contributed by atoms with Crippen molar-refractivity contribution in [3.05, 3.63) is 39.9 Å². The summed E-state index contributed by atoms with van der Waals surface area (Å²) in [4.78, 5) is 29.6. The van der Waals surface area contributed by atoms with E-state index in [9.17, 15) is 9.59 Å². The number of thiophene rings is 1. The van der Waals surface area contributed by atoms with Crippen molar-refractivity contribution in [3.63, 3.8) is 0 Å². The summed E-state index contributed by atoms with van der Waals surface area (Å²) in [6, 6.07) is 5.09. The van der Waals surface area contributed by atoms with Crippen molar-refractivity contribution in [1.82, 2.24) is 15.0 Å². The Hall–Kier alpha value is -2.15. The van der Waals surface area contributed by atoms with Crippen LogP contribution >= 0.6 is 11.3 Å². The molecule has 0 bridgehead atoms. The van der Waals surface area contributed by atoms with Crippen molar-refractivity contribution in [2.24, 2.45) is 0 Å². The molecule has 2 aromatic rings. The summed E-state index contributed by atoms with van der Waals surface area (Å²) in [6.45, 7) is 2.83. The second-order valence-electron chi connectivity index (χ2n) is 6.11. The molecular formula is C17H21N3O3S. The first kappa shape index (κ1) is 16.7. The summed E-state index contributed by atoms with van der Waals surface area (Å²) in [5, 5.41) is 5.81. The van der Waals surface area contributed by atoms with Gasteiger partial charge in [0.1, 0.15) is 17.5 Å². The number of hydrogen-bond donors (Lipinski definition) is 0. The van der Waals surface area contributed by atoms with Crippen LogP contribution in [0.2, 0.25) is 0 Å². The molecule has 2 aromatic heterocycles. The second kappa shape index (κ2) is 7.17. The number of aromatic nitrogens is 1. The molecule has 1 atom stereocenters. The molecular weight excluding hydrogens is 326 g/mol. The van der Waals surface area contributed by atoms with Gasteiger partial charge in [0.05, 0.1) is 11.4 Å². The summed E-state index contributed by atoms with van der Waals surface area (Å²) >= 11 is 1.41. The molecule has 3 heterocycles. The minimum atomic E-state index is -0.397. The summed E-state index contributed by atoms with van der Waals surface area (Å²) in [5.74, 6) is 0.631. The quantitative estimate of drug-likeness (QED) is 0.853. The molecule has 1 fully saturated rings. The van der Waals surface area contributed by atoms with Gasteiger partial charge in [0.15, 0.2) is 0 Å². The number of aryl methyl sites for hydroxylation is 1. The molecule has 1 unspecified atom stereocenters. The van der Waals surface area contributed by atoms with Gasteiger partial charge in [0, 0.05) is 19.7 Å². The summed E-state index contributed by atoms with van der Waals surface area (Å²) < 4.78 is 5.05. The molecule has 6 nitrogen and oxygen atoms in total. The summed E-state index contributed by atoms with van der Waals surface area (Å²) in [5.41, 5.74) is 0.718. The Balaban J connectivity index is 1.72. The maximum Gasteiger partial charge on any atom is 0.264 e. The van der Waals surface area contributed by atoms with Crippen LogP contribution in [0.25, 0.3) is 0 Å². The smallest absolute Gasteiger partial charge is 0.264 e. The zero-order valence-corrected chi connectivity index (χ0v) is 14.7. The van der Waals surface area contributed by atoms with E-state index < -0.39 is 6.04 Å². The standard InChI is InChI=1S/C17H21N3O3S/c1-12-10-13(18-23-12)11-19(2)16(21)14-6-3-4-8-20(14)17(22)15-7-5-9-24-15/h5,7,9-10,14H,3-4,6,8,11H2,1-2H3. The fourth-order valence-corrected chi connectivity index (χ4v) is 3.72. The molecule has 0 aliphatic carbocycles. The molecule has 1 aliphatic rings. The van der Waals surface area contributed by atoms with E-state index in [0.717, 1.165) is 24.3 Å². The van der Waals surface area contributed by atoms with Gasteiger partial charge in [-0.15, -0.1) is 11.3 Å². The Morgan fingerprint density at radius 3 is 2.96 bits per heavy atom. The number of likely N-dealkylation sites (tertiary alicyclic amines) is 1. The van der Waals surface area contributed by atoms with E-state index >= 15 is 0 Å². The van der Waals surface area contributed by atoms with Crippen LogP contribution in [0.3, 0.4) is 0 Å². The third-order valence-electron chi connectivity index (χ3n) is 4.23. The minimum Gasteiger partial charge on any atom is -0.361 e. The summed E-state index contributed by atoms with van der Waals surface area (Å²) in [6.07, 6.45) is 2.60. The van der Waals surface area contributed by atoms with E-state index in [1.165, 1.54) is 11.3 Å². The highest BCUT2D eigenvalue weighted by Gasteiger charge is 2.34. The van der Waals surface area contributed by atoms with Crippen molar-refractivity contribution in [3.8, 4) is 0 Å². The second-order valence-corrected chi connectivity index (χ2v) is 7.06. The van der Waals surface area contributed by atoms with Gasteiger partial charge in [0.25, 0.3) is 5.91 Å². The molecule has 0 saturated carbocycles. The van der Waals surface area contributed by atoms with Crippen molar-refractivity contribution in [1.29, 1.82) is 0 Å². The van der Waals surface area contributed by atoms with Gasteiger partial charge < -0.3 is 14.3 Å². The number of rotatable bonds is 4. The number of amides is 2. The zero-order chi connectivity index (χ0) is 17.1. The molecule has 0 radical (unpaired) electrons. The highest BCUT2D eigenvalue weighted by molar-refractivity contribution is 7.12. The average Bonchev–Trinajstić information content (AvgIpc) is 3.25. The molecule has 1 aliphatic heterocycles. The average molecular weight is 347 g/mol. The van der Waals surface area contributed by atoms with Crippen LogP contribution in [0.1, 0.15) is 40.4 Å². The van der Waals surface area contributed by atoms with Crippen LogP contribution in [0.15, 0.2) is 28.1 Å². The van der Waals surface area contributed by atoms with Gasteiger partial charge in [-0.2, -0.15) is 0 Å². The van der Waals surface area contributed by atoms with Gasteiger partial charge in [-0.3, -0.25) is 9.59 Å². The lowest BCUT2D eigenvalue weighted by molar-refractivity contribution is -0.136. The summed E-state index contributed by atoms with van der Waals surface area (Å²) in [7, 11) is 1.74. The molecule has 0 aromatic carbocycles. The van der Waals surface area contributed by atoms with E-state index in [1.54, 1.807) is 16.8 Å². The first-order valence-corrected chi connectivity index (χ1v) is 8.96. The molecule has 2 amide bonds. The lowest BCUT2D eigenvalue weighted by atomic mass is 10.0. The Labute approximate surface area is 145 Å². The lowest BCUT2D eigenvalue weighted by Crippen LogP contribution is -2.52. The third kappa shape index (κ3) is 3.51. The van der Waals surface area contributed by atoms with Crippen LogP contribution in [0, 0.1) is 6.92 Å². The number of piperidine rings is 1. The Bertz CT molecular complexity index is 710. The van der Waals surface area contributed by atoms with Crippen LogP contribution in [0.4, 0.5) is 0 Å². The van der Waals surface area contributed by atoms with Gasteiger partial charge >= 0.3 is 0 Å². The van der Waals surface area contributed by atoms with E-state index in [1.807, 2.05) is 30.5 Å². The number of carbonyl (C=O) groups is 2. The minimum absolute atomic E-state index is 0.0414. The maximum absolute atomic E-state index is 12.9. The third-order valence-corrected chi connectivity index (χ3v) is 5.09. The number of likely N-dealkylation sites (N-methyl/N-ethyl adjacent to an activating group) is 1. The van der Waals surface area contributed by atoms with E-state index in [0.29, 0.717) is 24.4 Å². The predicted octanol–water partition coefficient (Wildman–Crippen LogP) is 2.70. The topological polar surface area (TPSA) is 66.7 Å². The van der Waals surface area contributed by atoms with Crippen LogP contribution < -0.4 is 0 Å². The van der Waals surface area contributed by atoms with E-state index in [4.69, 9.17) is 4.52 Å². The van der Waals surface area contributed by atoms with Crippen molar-refractivity contribution >= 4 is 23.2 Å². The molecule has 7 heteroatoms. The van der Waals surface area contributed by atoms with Gasteiger partial charge in [0.2, 0.25) is 5.91 Å².